The summed E-state index contributed by atoms with van der Waals surface area (Å²) in [5.41, 5.74) is 3.34. The highest BCUT2D eigenvalue weighted by Crippen LogP contribution is 2.22. The standard InChI is InChI=1S/C17H18N2O2S/c1-11-8-9-13(12(2)10-11)16(20)19-17(22)18-14-6-4-5-7-15(14)21-3/h4-10H,1-3H3,(H2,18,19,20,22). The zero-order chi connectivity index (χ0) is 16.1. The summed E-state index contributed by atoms with van der Waals surface area (Å²) >= 11 is 5.19. The number of methoxy groups -OCH3 is 1. The molecular weight excluding hydrogens is 296 g/mol. The molecule has 114 valence electrons. The van der Waals surface area contributed by atoms with Crippen molar-refractivity contribution in [2.75, 3.05) is 12.4 Å². The molecule has 22 heavy (non-hydrogen) atoms. The molecule has 2 N–H and O–H groups in total. The van der Waals surface area contributed by atoms with Crippen LogP contribution in [0.3, 0.4) is 0 Å². The van der Waals surface area contributed by atoms with Crippen molar-refractivity contribution in [2.24, 2.45) is 0 Å². The van der Waals surface area contributed by atoms with E-state index in [9.17, 15) is 4.79 Å². The van der Waals surface area contributed by atoms with Crippen LogP contribution in [0, 0.1) is 13.8 Å². The van der Waals surface area contributed by atoms with Gasteiger partial charge < -0.3 is 10.1 Å². The lowest BCUT2D eigenvalue weighted by molar-refractivity contribution is 0.0977. The summed E-state index contributed by atoms with van der Waals surface area (Å²) in [6.45, 7) is 3.89. The molecule has 0 radical (unpaired) electrons. The summed E-state index contributed by atoms with van der Waals surface area (Å²) in [6, 6.07) is 13.0. The lowest BCUT2D eigenvalue weighted by atomic mass is 10.1. The molecule has 2 rings (SSSR count). The van der Waals surface area contributed by atoms with Gasteiger partial charge in [-0.05, 0) is 49.8 Å². The predicted octanol–water partition coefficient (Wildman–Crippen LogP) is 3.44. The average Bonchev–Trinajstić information content (AvgIpc) is 2.47. The van der Waals surface area contributed by atoms with E-state index in [0.717, 1.165) is 11.1 Å². The topological polar surface area (TPSA) is 50.4 Å². The normalized spacial score (nSPS) is 9.95. The summed E-state index contributed by atoms with van der Waals surface area (Å²) in [6.07, 6.45) is 0. The van der Waals surface area contributed by atoms with Gasteiger partial charge in [0.1, 0.15) is 5.75 Å². The maximum absolute atomic E-state index is 12.3. The zero-order valence-corrected chi connectivity index (χ0v) is 13.6. The van der Waals surface area contributed by atoms with E-state index in [0.29, 0.717) is 17.0 Å². The Labute approximate surface area is 135 Å². The summed E-state index contributed by atoms with van der Waals surface area (Å²) < 4.78 is 5.23. The molecular formula is C17H18N2O2S. The van der Waals surface area contributed by atoms with Crippen molar-refractivity contribution >= 4 is 28.9 Å². The molecule has 0 fully saturated rings. The summed E-state index contributed by atoms with van der Waals surface area (Å²) in [5, 5.41) is 5.88. The minimum absolute atomic E-state index is 0.231. The second kappa shape index (κ2) is 7.04. The zero-order valence-electron chi connectivity index (χ0n) is 12.8. The fourth-order valence-electron chi connectivity index (χ4n) is 2.14. The van der Waals surface area contributed by atoms with Gasteiger partial charge in [-0.1, -0.05) is 29.8 Å². The van der Waals surface area contributed by atoms with Gasteiger partial charge in [0, 0.05) is 5.56 Å². The highest BCUT2D eigenvalue weighted by atomic mass is 32.1. The van der Waals surface area contributed by atoms with Gasteiger partial charge in [-0.3, -0.25) is 10.1 Å². The second-order valence-corrected chi connectivity index (χ2v) is 5.34. The molecule has 4 nitrogen and oxygen atoms in total. The third-order valence-corrected chi connectivity index (χ3v) is 3.41. The van der Waals surface area contributed by atoms with Gasteiger partial charge in [0.25, 0.3) is 5.91 Å². The first-order valence-electron chi connectivity index (χ1n) is 6.84. The Kier molecular flexibility index (Phi) is 5.12. The predicted molar refractivity (Wildman–Crippen MR) is 92.6 cm³/mol. The first-order chi connectivity index (χ1) is 10.5. The van der Waals surface area contributed by atoms with Gasteiger partial charge in [-0.25, -0.2) is 0 Å². The second-order valence-electron chi connectivity index (χ2n) is 4.93. The molecule has 0 heterocycles. The Morgan fingerprint density at radius 1 is 1.14 bits per heavy atom. The molecule has 0 saturated heterocycles. The van der Waals surface area contributed by atoms with Crippen LogP contribution >= 0.6 is 12.2 Å². The number of thiocarbonyl (C=S) groups is 1. The van der Waals surface area contributed by atoms with Crippen LogP contribution < -0.4 is 15.4 Å². The van der Waals surface area contributed by atoms with E-state index in [2.05, 4.69) is 10.6 Å². The van der Waals surface area contributed by atoms with E-state index in [-0.39, 0.29) is 11.0 Å². The molecule has 2 aromatic carbocycles. The number of hydrogen-bond acceptors (Lipinski definition) is 3. The highest BCUT2D eigenvalue weighted by molar-refractivity contribution is 7.80. The number of rotatable bonds is 3. The average molecular weight is 314 g/mol. The SMILES string of the molecule is COc1ccccc1NC(=S)NC(=O)c1ccc(C)cc1C. The number of para-hydroxylation sites is 2. The number of nitrogens with one attached hydrogen (secondary N) is 2. The minimum atomic E-state index is -0.232. The Bertz CT molecular complexity index is 714. The molecule has 1 amide bonds. The van der Waals surface area contributed by atoms with E-state index >= 15 is 0 Å². The van der Waals surface area contributed by atoms with Crippen molar-refractivity contribution in [3.05, 3.63) is 59.2 Å². The van der Waals surface area contributed by atoms with Crippen LogP contribution in [0.5, 0.6) is 5.75 Å². The highest BCUT2D eigenvalue weighted by Gasteiger charge is 2.11. The Morgan fingerprint density at radius 2 is 1.86 bits per heavy atom. The van der Waals surface area contributed by atoms with Crippen LogP contribution in [0.2, 0.25) is 0 Å². The number of carbonyl (C=O) groups excluding carboxylic acids is 1. The van der Waals surface area contributed by atoms with Gasteiger partial charge >= 0.3 is 0 Å². The van der Waals surface area contributed by atoms with E-state index < -0.39 is 0 Å². The first-order valence-corrected chi connectivity index (χ1v) is 7.24. The van der Waals surface area contributed by atoms with Gasteiger partial charge in [-0.15, -0.1) is 0 Å². The van der Waals surface area contributed by atoms with Crippen LogP contribution in [-0.2, 0) is 0 Å². The molecule has 0 bridgehead atoms. The quantitative estimate of drug-likeness (QED) is 0.852. The van der Waals surface area contributed by atoms with Crippen LogP contribution in [0.1, 0.15) is 21.5 Å². The van der Waals surface area contributed by atoms with E-state index in [4.69, 9.17) is 17.0 Å². The number of carbonyl (C=O) groups is 1. The molecule has 2 aromatic rings. The van der Waals surface area contributed by atoms with Gasteiger partial charge in [-0.2, -0.15) is 0 Å². The molecule has 0 atom stereocenters. The van der Waals surface area contributed by atoms with Crippen LogP contribution in [0.15, 0.2) is 42.5 Å². The molecule has 0 aliphatic heterocycles. The van der Waals surface area contributed by atoms with Crippen molar-refractivity contribution < 1.29 is 9.53 Å². The lowest BCUT2D eigenvalue weighted by Gasteiger charge is -2.13. The van der Waals surface area contributed by atoms with E-state index in [1.807, 2.05) is 50.2 Å². The smallest absolute Gasteiger partial charge is 0.257 e. The Morgan fingerprint density at radius 3 is 2.55 bits per heavy atom. The largest absolute Gasteiger partial charge is 0.495 e. The number of benzene rings is 2. The van der Waals surface area contributed by atoms with Gasteiger partial charge in [0.05, 0.1) is 12.8 Å². The van der Waals surface area contributed by atoms with Crippen LogP contribution in [0.4, 0.5) is 5.69 Å². The van der Waals surface area contributed by atoms with E-state index in [1.165, 1.54) is 0 Å². The lowest BCUT2D eigenvalue weighted by Crippen LogP contribution is -2.34. The third kappa shape index (κ3) is 3.83. The van der Waals surface area contributed by atoms with Crippen LogP contribution in [0.25, 0.3) is 0 Å². The molecule has 0 aliphatic rings. The summed E-state index contributed by atoms with van der Waals surface area (Å²) in [4.78, 5) is 12.3. The number of anilines is 1. The van der Waals surface area contributed by atoms with E-state index in [1.54, 1.807) is 13.2 Å². The molecule has 0 aromatic heterocycles. The maximum atomic E-state index is 12.3. The number of hydrogen-bond donors (Lipinski definition) is 2. The number of ether oxygens (including phenoxy) is 1. The van der Waals surface area contributed by atoms with Crippen molar-refractivity contribution in [3.63, 3.8) is 0 Å². The first kappa shape index (κ1) is 16.0. The molecule has 5 heteroatoms. The van der Waals surface area contributed by atoms with Gasteiger partial charge in [0.15, 0.2) is 5.11 Å². The van der Waals surface area contributed by atoms with Crippen molar-refractivity contribution in [3.8, 4) is 5.75 Å². The fraction of sp³-hybridized carbons (Fsp3) is 0.176. The Hall–Kier alpha value is -2.40. The Balaban J connectivity index is 2.07. The van der Waals surface area contributed by atoms with Crippen molar-refractivity contribution in [1.82, 2.24) is 5.32 Å². The number of aryl methyl sites for hydroxylation is 2. The maximum Gasteiger partial charge on any atom is 0.257 e. The third-order valence-electron chi connectivity index (χ3n) is 3.21. The van der Waals surface area contributed by atoms with Crippen molar-refractivity contribution in [1.29, 1.82) is 0 Å². The summed E-state index contributed by atoms with van der Waals surface area (Å²) in [5.74, 6) is 0.426. The number of amides is 1. The molecule has 0 saturated carbocycles. The monoisotopic (exact) mass is 314 g/mol. The molecule has 0 aliphatic carbocycles. The van der Waals surface area contributed by atoms with Gasteiger partial charge in [0.2, 0.25) is 0 Å². The fourth-order valence-corrected chi connectivity index (χ4v) is 2.34. The minimum Gasteiger partial charge on any atom is -0.495 e. The van der Waals surface area contributed by atoms with Crippen molar-refractivity contribution in [2.45, 2.75) is 13.8 Å². The molecule has 0 spiro atoms. The van der Waals surface area contributed by atoms with Crippen LogP contribution in [-0.4, -0.2) is 18.1 Å². The molecule has 0 unspecified atom stereocenters. The summed E-state index contributed by atoms with van der Waals surface area (Å²) in [7, 11) is 1.58.